The van der Waals surface area contributed by atoms with E-state index in [2.05, 4.69) is 5.32 Å². The number of likely N-dealkylation sites (tertiary alicyclic amines) is 1. The smallest absolute Gasteiger partial charge is 0.289 e. The Morgan fingerprint density at radius 2 is 1.78 bits per heavy atom. The lowest BCUT2D eigenvalue weighted by Gasteiger charge is -2.19. The van der Waals surface area contributed by atoms with Gasteiger partial charge in [-0.3, -0.25) is 4.79 Å². The molecule has 1 aromatic heterocycles. The molecule has 2 aliphatic heterocycles. The van der Waals surface area contributed by atoms with Gasteiger partial charge >= 0.3 is 0 Å². The molecule has 2 atom stereocenters. The van der Waals surface area contributed by atoms with Crippen LogP contribution in [0, 0.1) is 17.7 Å². The van der Waals surface area contributed by atoms with E-state index in [4.69, 9.17) is 9.15 Å². The van der Waals surface area contributed by atoms with E-state index in [9.17, 15) is 9.18 Å². The van der Waals surface area contributed by atoms with E-state index < -0.39 is 0 Å². The number of amides is 1. The fourth-order valence-corrected chi connectivity index (χ4v) is 3.83. The average molecular weight is 395 g/mol. The number of hydrogen-bond acceptors (Lipinski definition) is 4. The predicted molar refractivity (Wildman–Crippen MR) is 102 cm³/mol. The molecule has 5 nitrogen and oxygen atoms in total. The van der Waals surface area contributed by atoms with E-state index in [1.807, 2.05) is 4.90 Å². The van der Waals surface area contributed by atoms with Gasteiger partial charge in [-0.1, -0.05) is 0 Å². The van der Waals surface area contributed by atoms with Crippen LogP contribution in [0.2, 0.25) is 0 Å². The fourth-order valence-electron chi connectivity index (χ4n) is 3.83. The van der Waals surface area contributed by atoms with Gasteiger partial charge in [-0.2, -0.15) is 0 Å². The van der Waals surface area contributed by atoms with Crippen molar-refractivity contribution in [3.8, 4) is 5.75 Å². The number of halogens is 2. The van der Waals surface area contributed by atoms with Crippen LogP contribution in [0.3, 0.4) is 0 Å². The summed E-state index contributed by atoms with van der Waals surface area (Å²) in [6, 6.07) is 9.28. The highest BCUT2D eigenvalue weighted by atomic mass is 35.5. The summed E-state index contributed by atoms with van der Waals surface area (Å²) >= 11 is 0. The minimum atomic E-state index is -0.305. The summed E-state index contributed by atoms with van der Waals surface area (Å²) in [7, 11) is 0. The third-order valence-corrected chi connectivity index (χ3v) is 5.37. The molecular formula is C20H24ClFN2O3. The number of carbonyl (C=O) groups is 1. The summed E-state index contributed by atoms with van der Waals surface area (Å²) in [6.07, 6.45) is 2.09. The van der Waals surface area contributed by atoms with Crippen LogP contribution in [-0.2, 0) is 6.61 Å². The van der Waals surface area contributed by atoms with Crippen molar-refractivity contribution in [2.24, 2.45) is 11.8 Å². The van der Waals surface area contributed by atoms with Crippen molar-refractivity contribution in [3.05, 3.63) is 53.7 Å². The second-order valence-corrected chi connectivity index (χ2v) is 7.06. The first-order valence-corrected chi connectivity index (χ1v) is 9.16. The van der Waals surface area contributed by atoms with Gasteiger partial charge in [0.2, 0.25) is 0 Å². The normalized spacial score (nSPS) is 21.9. The molecule has 0 radical (unpaired) electrons. The maximum atomic E-state index is 12.9. The highest BCUT2D eigenvalue weighted by molar-refractivity contribution is 5.91. The van der Waals surface area contributed by atoms with Gasteiger partial charge in [-0.15, -0.1) is 12.4 Å². The van der Waals surface area contributed by atoms with Crippen LogP contribution in [0.4, 0.5) is 4.39 Å². The molecule has 7 heteroatoms. The first-order chi connectivity index (χ1) is 12.7. The zero-order valence-electron chi connectivity index (χ0n) is 15.0. The van der Waals surface area contributed by atoms with Crippen molar-refractivity contribution in [2.75, 3.05) is 26.2 Å². The number of ether oxygens (including phenoxy) is 1. The van der Waals surface area contributed by atoms with Crippen molar-refractivity contribution < 1.29 is 18.3 Å². The van der Waals surface area contributed by atoms with Gasteiger partial charge in [0.25, 0.3) is 5.91 Å². The molecule has 2 saturated heterocycles. The molecule has 0 unspecified atom stereocenters. The first kappa shape index (κ1) is 19.7. The summed E-state index contributed by atoms with van der Waals surface area (Å²) in [5, 5.41) is 3.45. The molecule has 0 bridgehead atoms. The number of fused-ring (bicyclic) bond motifs is 1. The van der Waals surface area contributed by atoms with E-state index in [1.54, 1.807) is 24.3 Å². The molecule has 1 N–H and O–H groups in total. The molecule has 0 aliphatic carbocycles. The Morgan fingerprint density at radius 3 is 2.44 bits per heavy atom. The Hall–Kier alpha value is -2.05. The first-order valence-electron chi connectivity index (χ1n) is 9.16. The zero-order valence-corrected chi connectivity index (χ0v) is 15.8. The summed E-state index contributed by atoms with van der Waals surface area (Å²) in [5.74, 6) is 2.50. The van der Waals surface area contributed by atoms with Crippen LogP contribution in [0.1, 0.15) is 29.2 Å². The number of rotatable bonds is 4. The van der Waals surface area contributed by atoms with E-state index >= 15 is 0 Å². The van der Waals surface area contributed by atoms with Gasteiger partial charge < -0.3 is 19.4 Å². The number of carbonyl (C=O) groups excluding carboxylic acids is 1. The lowest BCUT2D eigenvalue weighted by molar-refractivity contribution is 0.0722. The molecule has 146 valence electrons. The summed E-state index contributed by atoms with van der Waals surface area (Å²) < 4.78 is 24.1. The number of nitrogens with zero attached hydrogens (tertiary/aromatic N) is 1. The topological polar surface area (TPSA) is 54.7 Å². The summed E-state index contributed by atoms with van der Waals surface area (Å²) in [4.78, 5) is 14.6. The molecule has 3 heterocycles. The standard InChI is InChI=1S/C20H23FN2O3.ClH/c21-16-1-3-17(4-2-16)25-13-18-5-6-19(26-18)20(24)23-9-7-14-11-22-12-15(14)8-10-23;/h1-6,14-15,22H,7-13H2;1H/t14-,15+;. The van der Waals surface area contributed by atoms with Crippen LogP contribution in [-0.4, -0.2) is 37.0 Å². The third kappa shape index (κ3) is 4.62. The Bertz CT molecular complexity index is 751. The number of benzene rings is 1. The minimum Gasteiger partial charge on any atom is -0.486 e. The summed E-state index contributed by atoms with van der Waals surface area (Å²) in [5.41, 5.74) is 0. The Balaban J connectivity index is 0.00000210. The maximum absolute atomic E-state index is 12.9. The number of hydrogen-bond donors (Lipinski definition) is 1. The highest BCUT2D eigenvalue weighted by Crippen LogP contribution is 2.28. The minimum absolute atomic E-state index is 0. The van der Waals surface area contributed by atoms with E-state index in [0.717, 1.165) is 39.0 Å². The van der Waals surface area contributed by atoms with Gasteiger partial charge in [0.15, 0.2) is 5.76 Å². The quantitative estimate of drug-likeness (QED) is 0.862. The van der Waals surface area contributed by atoms with E-state index in [-0.39, 0.29) is 30.7 Å². The lowest BCUT2D eigenvalue weighted by atomic mass is 9.92. The predicted octanol–water partition coefficient (Wildman–Crippen LogP) is 3.49. The van der Waals surface area contributed by atoms with Gasteiger partial charge in [0.1, 0.15) is 23.9 Å². The van der Waals surface area contributed by atoms with Crippen molar-refractivity contribution in [1.82, 2.24) is 10.2 Å². The molecule has 2 aliphatic rings. The molecular weight excluding hydrogens is 371 g/mol. The molecule has 4 rings (SSSR count). The van der Waals surface area contributed by atoms with Crippen LogP contribution >= 0.6 is 12.4 Å². The molecule has 0 spiro atoms. The molecule has 0 saturated carbocycles. The number of nitrogens with one attached hydrogen (secondary N) is 1. The second kappa shape index (κ2) is 8.76. The van der Waals surface area contributed by atoms with Crippen molar-refractivity contribution in [1.29, 1.82) is 0 Å². The molecule has 2 fully saturated rings. The largest absolute Gasteiger partial charge is 0.486 e. The Morgan fingerprint density at radius 1 is 1.11 bits per heavy atom. The molecule has 1 aromatic carbocycles. The molecule has 27 heavy (non-hydrogen) atoms. The van der Waals surface area contributed by atoms with Crippen LogP contribution in [0.5, 0.6) is 5.75 Å². The van der Waals surface area contributed by atoms with Crippen molar-refractivity contribution in [3.63, 3.8) is 0 Å². The maximum Gasteiger partial charge on any atom is 0.289 e. The Kier molecular flexibility index (Phi) is 6.39. The molecule has 2 aromatic rings. The molecule has 1 amide bonds. The van der Waals surface area contributed by atoms with Gasteiger partial charge in [0.05, 0.1) is 0 Å². The van der Waals surface area contributed by atoms with Crippen LogP contribution < -0.4 is 10.1 Å². The van der Waals surface area contributed by atoms with Gasteiger partial charge in [-0.25, -0.2) is 4.39 Å². The average Bonchev–Trinajstić information content (AvgIpc) is 3.26. The van der Waals surface area contributed by atoms with Crippen molar-refractivity contribution >= 4 is 18.3 Å². The van der Waals surface area contributed by atoms with Gasteiger partial charge in [-0.05, 0) is 74.2 Å². The van der Waals surface area contributed by atoms with E-state index in [0.29, 0.717) is 29.1 Å². The lowest BCUT2D eigenvalue weighted by Crippen LogP contribution is -2.32. The monoisotopic (exact) mass is 394 g/mol. The van der Waals surface area contributed by atoms with Crippen molar-refractivity contribution in [2.45, 2.75) is 19.4 Å². The Labute approximate surface area is 164 Å². The van der Waals surface area contributed by atoms with Crippen LogP contribution in [0.15, 0.2) is 40.8 Å². The van der Waals surface area contributed by atoms with Crippen LogP contribution in [0.25, 0.3) is 0 Å². The fraction of sp³-hybridized carbons (Fsp3) is 0.450. The SMILES string of the molecule is Cl.O=C(c1ccc(COc2ccc(F)cc2)o1)N1CC[C@@H]2CNC[C@@H]2CC1. The van der Waals surface area contributed by atoms with Gasteiger partial charge in [0, 0.05) is 13.1 Å². The summed E-state index contributed by atoms with van der Waals surface area (Å²) in [6.45, 7) is 3.90. The highest BCUT2D eigenvalue weighted by Gasteiger charge is 2.32. The second-order valence-electron chi connectivity index (χ2n) is 7.06. The number of furan rings is 1. The van der Waals surface area contributed by atoms with E-state index in [1.165, 1.54) is 12.1 Å². The zero-order chi connectivity index (χ0) is 17.9. The third-order valence-electron chi connectivity index (χ3n) is 5.37.